The summed E-state index contributed by atoms with van der Waals surface area (Å²) in [4.78, 5) is 15.3. The Balaban J connectivity index is 1.75. The minimum Gasteiger partial charge on any atom is -0.378 e. The molecule has 1 aliphatic heterocycles. The average molecular weight is 371 g/mol. The van der Waals surface area contributed by atoms with Crippen molar-refractivity contribution in [2.24, 2.45) is 0 Å². The van der Waals surface area contributed by atoms with Crippen LogP contribution in [0.25, 0.3) is 0 Å². The predicted molar refractivity (Wildman–Crippen MR) is 103 cm³/mol. The number of aromatic nitrogens is 1. The Hall–Kier alpha value is -2.34. The van der Waals surface area contributed by atoms with Gasteiger partial charge in [-0.05, 0) is 44.4 Å². The van der Waals surface area contributed by atoms with Crippen molar-refractivity contribution in [2.45, 2.75) is 39.3 Å². The van der Waals surface area contributed by atoms with Gasteiger partial charge >= 0.3 is 0 Å². The molecule has 4 rings (SSSR count). The van der Waals surface area contributed by atoms with E-state index in [4.69, 9.17) is 4.74 Å². The van der Waals surface area contributed by atoms with E-state index in [1.807, 2.05) is 24.5 Å². The summed E-state index contributed by atoms with van der Waals surface area (Å²) in [6.45, 7) is 7.55. The van der Waals surface area contributed by atoms with Crippen LogP contribution in [0.2, 0.25) is 0 Å². The quantitative estimate of drug-likeness (QED) is 0.879. The molecule has 2 aliphatic rings. The van der Waals surface area contributed by atoms with Gasteiger partial charge in [-0.25, -0.2) is 4.39 Å². The van der Waals surface area contributed by atoms with Gasteiger partial charge in [0.15, 0.2) is 0 Å². The van der Waals surface area contributed by atoms with Gasteiger partial charge in [-0.2, -0.15) is 0 Å². The third kappa shape index (κ3) is 3.72. The molecular weight excluding hydrogens is 345 g/mol. The van der Waals surface area contributed by atoms with Gasteiger partial charge in [-0.15, -0.1) is 0 Å². The molecule has 1 aromatic carbocycles. The van der Waals surface area contributed by atoms with Crippen LogP contribution in [0, 0.1) is 19.7 Å². The number of carbonyl (C=O) groups is 1. The minimum atomic E-state index is -0.258. The Morgan fingerprint density at radius 2 is 2.00 bits per heavy atom. The van der Waals surface area contributed by atoms with E-state index in [2.05, 4.69) is 10.2 Å². The van der Waals surface area contributed by atoms with Gasteiger partial charge < -0.3 is 19.5 Å². The number of benzene rings is 1. The van der Waals surface area contributed by atoms with Crippen LogP contribution >= 0.6 is 0 Å². The van der Waals surface area contributed by atoms with Crippen molar-refractivity contribution in [2.75, 3.05) is 31.2 Å². The van der Waals surface area contributed by atoms with E-state index in [0.717, 1.165) is 48.4 Å². The molecule has 0 bridgehead atoms. The van der Waals surface area contributed by atoms with Crippen LogP contribution in [0.1, 0.15) is 40.2 Å². The van der Waals surface area contributed by atoms with Gasteiger partial charge in [0.25, 0.3) is 5.91 Å². The van der Waals surface area contributed by atoms with Crippen molar-refractivity contribution in [3.8, 4) is 0 Å². The van der Waals surface area contributed by atoms with E-state index in [1.54, 1.807) is 6.07 Å². The number of morpholine rings is 1. The number of halogens is 1. The molecular formula is C21H26FN3O2. The van der Waals surface area contributed by atoms with Crippen molar-refractivity contribution in [3.05, 3.63) is 52.6 Å². The van der Waals surface area contributed by atoms with Crippen molar-refractivity contribution in [3.63, 3.8) is 0 Å². The summed E-state index contributed by atoms with van der Waals surface area (Å²) >= 11 is 0. The van der Waals surface area contributed by atoms with Crippen LogP contribution in [-0.4, -0.2) is 42.8 Å². The molecule has 2 aromatic rings. The molecule has 2 fully saturated rings. The summed E-state index contributed by atoms with van der Waals surface area (Å²) in [6.07, 6.45) is 2.09. The predicted octanol–water partition coefficient (Wildman–Crippen LogP) is 3.02. The van der Waals surface area contributed by atoms with E-state index >= 15 is 0 Å². The Labute approximate surface area is 159 Å². The highest BCUT2D eigenvalue weighted by molar-refractivity contribution is 5.97. The van der Waals surface area contributed by atoms with Crippen LogP contribution in [0.4, 0.5) is 10.1 Å². The lowest BCUT2D eigenvalue weighted by Crippen LogP contribution is -2.36. The molecule has 5 nitrogen and oxygen atoms in total. The van der Waals surface area contributed by atoms with Crippen LogP contribution in [-0.2, 0) is 11.3 Å². The number of anilines is 1. The smallest absolute Gasteiger partial charge is 0.268 e. The van der Waals surface area contributed by atoms with Crippen molar-refractivity contribution >= 4 is 11.6 Å². The third-order valence-electron chi connectivity index (χ3n) is 5.41. The maximum Gasteiger partial charge on any atom is 0.268 e. The molecule has 1 aromatic heterocycles. The van der Waals surface area contributed by atoms with Gasteiger partial charge in [0.2, 0.25) is 0 Å². The first kappa shape index (κ1) is 18.0. The standard InChI is InChI=1S/C21H26FN3O2/c1-14-19(24-8-10-27-11-9-24)15(2)25(13-16-4-3-5-17(22)12-16)20(14)21(26)23-18-6-7-18/h3-5,12,18H,6-11,13H2,1-2H3,(H,23,26). The molecule has 0 unspecified atom stereocenters. The molecule has 0 spiro atoms. The molecule has 6 heteroatoms. The summed E-state index contributed by atoms with van der Waals surface area (Å²) in [7, 11) is 0. The fourth-order valence-corrected chi connectivity index (χ4v) is 3.92. The molecule has 1 saturated heterocycles. The van der Waals surface area contributed by atoms with Gasteiger partial charge in [-0.3, -0.25) is 4.79 Å². The number of amides is 1. The minimum absolute atomic E-state index is 0.0333. The molecule has 1 saturated carbocycles. The summed E-state index contributed by atoms with van der Waals surface area (Å²) in [6, 6.07) is 6.88. The highest BCUT2D eigenvalue weighted by Gasteiger charge is 2.30. The number of carbonyl (C=O) groups excluding carboxylic acids is 1. The summed E-state index contributed by atoms with van der Waals surface area (Å²) in [5.41, 5.74) is 4.67. The zero-order valence-electron chi connectivity index (χ0n) is 15.9. The second kappa shape index (κ2) is 7.35. The largest absolute Gasteiger partial charge is 0.378 e. The maximum atomic E-state index is 13.7. The van der Waals surface area contributed by atoms with Crippen LogP contribution < -0.4 is 10.2 Å². The van der Waals surface area contributed by atoms with Crippen molar-refractivity contribution in [1.29, 1.82) is 0 Å². The summed E-state index contributed by atoms with van der Waals surface area (Å²) in [5, 5.41) is 3.11. The van der Waals surface area contributed by atoms with E-state index in [1.165, 1.54) is 12.1 Å². The van der Waals surface area contributed by atoms with Crippen molar-refractivity contribution < 1.29 is 13.9 Å². The van der Waals surface area contributed by atoms with Gasteiger partial charge in [0, 0.05) is 36.9 Å². The van der Waals surface area contributed by atoms with Crippen molar-refractivity contribution in [1.82, 2.24) is 9.88 Å². The van der Waals surface area contributed by atoms with E-state index < -0.39 is 0 Å². The number of nitrogens with zero attached hydrogens (tertiary/aromatic N) is 2. The zero-order valence-corrected chi connectivity index (χ0v) is 15.9. The second-order valence-electron chi connectivity index (χ2n) is 7.47. The first-order chi connectivity index (χ1) is 13.0. The average Bonchev–Trinajstić information content (AvgIpc) is 3.42. The highest BCUT2D eigenvalue weighted by Crippen LogP contribution is 2.33. The lowest BCUT2D eigenvalue weighted by atomic mass is 10.2. The molecule has 2 heterocycles. The molecule has 0 radical (unpaired) electrons. The fraction of sp³-hybridized carbons (Fsp3) is 0.476. The van der Waals surface area contributed by atoms with E-state index in [0.29, 0.717) is 31.5 Å². The first-order valence-electron chi connectivity index (χ1n) is 9.62. The number of hydrogen-bond donors (Lipinski definition) is 1. The monoisotopic (exact) mass is 371 g/mol. The SMILES string of the molecule is Cc1c(N2CCOCC2)c(C)n(Cc2cccc(F)c2)c1C(=O)NC1CC1. The van der Waals surface area contributed by atoms with E-state index in [9.17, 15) is 9.18 Å². The maximum absolute atomic E-state index is 13.7. The lowest BCUT2D eigenvalue weighted by molar-refractivity contribution is 0.0941. The Morgan fingerprint density at radius 1 is 1.26 bits per heavy atom. The fourth-order valence-electron chi connectivity index (χ4n) is 3.92. The Morgan fingerprint density at radius 3 is 2.67 bits per heavy atom. The Kier molecular flexibility index (Phi) is 4.91. The highest BCUT2D eigenvalue weighted by atomic mass is 19.1. The molecule has 1 N–H and O–H groups in total. The topological polar surface area (TPSA) is 46.5 Å². The number of rotatable bonds is 5. The van der Waals surface area contributed by atoms with Gasteiger partial charge in [0.1, 0.15) is 11.5 Å². The first-order valence-corrected chi connectivity index (χ1v) is 9.62. The van der Waals surface area contributed by atoms with Gasteiger partial charge in [-0.1, -0.05) is 12.1 Å². The van der Waals surface area contributed by atoms with Crippen LogP contribution in [0.5, 0.6) is 0 Å². The Bertz CT molecular complexity index is 851. The van der Waals surface area contributed by atoms with E-state index in [-0.39, 0.29) is 11.7 Å². The molecule has 1 amide bonds. The zero-order chi connectivity index (χ0) is 19.0. The summed E-state index contributed by atoms with van der Waals surface area (Å²) in [5.74, 6) is -0.291. The molecule has 0 atom stereocenters. The second-order valence-corrected chi connectivity index (χ2v) is 7.47. The lowest BCUT2D eigenvalue weighted by Gasteiger charge is -2.29. The van der Waals surface area contributed by atoms with Crippen LogP contribution in [0.3, 0.4) is 0 Å². The number of hydrogen-bond acceptors (Lipinski definition) is 3. The molecule has 1 aliphatic carbocycles. The summed E-state index contributed by atoms with van der Waals surface area (Å²) < 4.78 is 21.2. The molecule has 144 valence electrons. The third-order valence-corrected chi connectivity index (χ3v) is 5.41. The number of ether oxygens (including phenoxy) is 1. The normalized spacial score (nSPS) is 17.2. The van der Waals surface area contributed by atoms with Gasteiger partial charge in [0.05, 0.1) is 18.9 Å². The van der Waals surface area contributed by atoms with Crippen LogP contribution in [0.15, 0.2) is 24.3 Å². The molecule has 27 heavy (non-hydrogen) atoms. The number of nitrogens with one attached hydrogen (secondary N) is 1.